The first-order chi connectivity index (χ1) is 8.27. The van der Waals surface area contributed by atoms with Gasteiger partial charge in [0.15, 0.2) is 0 Å². The average Bonchev–Trinajstić information content (AvgIpc) is 2.73. The Bertz CT molecular complexity index is 730. The Hall–Kier alpha value is -2.07. The zero-order valence-corrected chi connectivity index (χ0v) is 9.50. The van der Waals surface area contributed by atoms with Crippen molar-refractivity contribution in [1.29, 1.82) is 0 Å². The fraction of sp³-hybridized carbons (Fsp3) is 0. The maximum Gasteiger partial charge on any atom is 0.283 e. The van der Waals surface area contributed by atoms with Crippen LogP contribution in [-0.2, 0) is 0 Å². The third-order valence-corrected chi connectivity index (χ3v) is 2.87. The first-order valence-corrected chi connectivity index (χ1v) is 5.45. The van der Waals surface area contributed by atoms with Crippen LogP contribution in [0.25, 0.3) is 11.2 Å². The van der Waals surface area contributed by atoms with Crippen LogP contribution in [0.2, 0.25) is 5.02 Å². The highest BCUT2D eigenvalue weighted by Gasteiger charge is 2.08. The molecule has 2 aromatic heterocycles. The topological polar surface area (TPSA) is 39.3 Å². The zero-order valence-electron chi connectivity index (χ0n) is 8.75. The Kier molecular flexibility index (Phi) is 2.23. The van der Waals surface area contributed by atoms with E-state index in [0.29, 0.717) is 10.5 Å². The predicted octanol–water partition coefficient (Wildman–Crippen LogP) is 2.14. The van der Waals surface area contributed by atoms with E-state index in [9.17, 15) is 4.79 Å². The van der Waals surface area contributed by atoms with E-state index in [4.69, 9.17) is 11.6 Å². The Morgan fingerprint density at radius 1 is 1.12 bits per heavy atom. The van der Waals surface area contributed by atoms with Gasteiger partial charge in [0, 0.05) is 6.20 Å². The number of nitrogens with zero attached hydrogens (tertiary/aromatic N) is 3. The SMILES string of the molecule is O=c1c2c(Cl)ccn2ncn1-c1ccccc1. The molecule has 0 atom stereocenters. The average molecular weight is 246 g/mol. The summed E-state index contributed by atoms with van der Waals surface area (Å²) in [5.74, 6) is 0. The van der Waals surface area contributed by atoms with Crippen LogP contribution in [0.15, 0.2) is 53.7 Å². The van der Waals surface area contributed by atoms with E-state index in [2.05, 4.69) is 5.10 Å². The van der Waals surface area contributed by atoms with E-state index >= 15 is 0 Å². The summed E-state index contributed by atoms with van der Waals surface area (Å²) in [7, 11) is 0. The van der Waals surface area contributed by atoms with Crippen molar-refractivity contribution in [2.24, 2.45) is 0 Å². The van der Waals surface area contributed by atoms with Crippen molar-refractivity contribution in [3.63, 3.8) is 0 Å². The summed E-state index contributed by atoms with van der Waals surface area (Å²) in [5, 5.41) is 4.54. The highest BCUT2D eigenvalue weighted by Crippen LogP contribution is 2.14. The highest BCUT2D eigenvalue weighted by atomic mass is 35.5. The van der Waals surface area contributed by atoms with Gasteiger partial charge in [-0.05, 0) is 18.2 Å². The van der Waals surface area contributed by atoms with Gasteiger partial charge in [0.1, 0.15) is 11.8 Å². The van der Waals surface area contributed by atoms with Crippen molar-refractivity contribution >= 4 is 17.1 Å². The van der Waals surface area contributed by atoms with E-state index in [0.717, 1.165) is 5.69 Å². The Balaban J connectivity index is 2.36. The Morgan fingerprint density at radius 2 is 1.88 bits per heavy atom. The van der Waals surface area contributed by atoms with Crippen molar-refractivity contribution in [2.75, 3.05) is 0 Å². The quantitative estimate of drug-likeness (QED) is 0.659. The summed E-state index contributed by atoms with van der Waals surface area (Å²) in [6, 6.07) is 11.0. The van der Waals surface area contributed by atoms with Gasteiger partial charge in [-0.3, -0.25) is 9.36 Å². The molecule has 84 valence electrons. The number of halogens is 1. The fourth-order valence-corrected chi connectivity index (χ4v) is 1.97. The van der Waals surface area contributed by atoms with Crippen LogP contribution in [-0.4, -0.2) is 14.2 Å². The molecule has 0 amide bonds. The summed E-state index contributed by atoms with van der Waals surface area (Å²) < 4.78 is 2.95. The van der Waals surface area contributed by atoms with Crippen LogP contribution in [0.1, 0.15) is 0 Å². The molecule has 0 N–H and O–H groups in total. The van der Waals surface area contributed by atoms with Crippen molar-refractivity contribution < 1.29 is 0 Å². The predicted molar refractivity (Wildman–Crippen MR) is 65.8 cm³/mol. The van der Waals surface area contributed by atoms with Gasteiger partial charge in [0.25, 0.3) is 5.56 Å². The number of aromatic nitrogens is 3. The third-order valence-electron chi connectivity index (χ3n) is 2.56. The normalized spacial score (nSPS) is 10.9. The number of benzene rings is 1. The number of hydrogen-bond acceptors (Lipinski definition) is 2. The van der Waals surface area contributed by atoms with Gasteiger partial charge in [-0.15, -0.1) is 0 Å². The number of hydrogen-bond donors (Lipinski definition) is 0. The van der Waals surface area contributed by atoms with Crippen molar-refractivity contribution in [1.82, 2.24) is 14.2 Å². The van der Waals surface area contributed by atoms with Gasteiger partial charge < -0.3 is 0 Å². The van der Waals surface area contributed by atoms with Crippen LogP contribution < -0.4 is 5.56 Å². The molecule has 2 heterocycles. The molecule has 0 bridgehead atoms. The van der Waals surface area contributed by atoms with Gasteiger partial charge in [0.2, 0.25) is 0 Å². The van der Waals surface area contributed by atoms with Crippen LogP contribution in [0.4, 0.5) is 0 Å². The van der Waals surface area contributed by atoms with E-state index in [1.54, 1.807) is 12.3 Å². The summed E-state index contributed by atoms with van der Waals surface area (Å²) in [6.45, 7) is 0. The zero-order chi connectivity index (χ0) is 11.8. The van der Waals surface area contributed by atoms with Crippen molar-refractivity contribution in [3.8, 4) is 5.69 Å². The molecule has 1 aromatic carbocycles. The molecule has 17 heavy (non-hydrogen) atoms. The highest BCUT2D eigenvalue weighted by molar-refractivity contribution is 6.33. The molecule has 0 aliphatic heterocycles. The minimum atomic E-state index is -0.179. The molecule has 3 rings (SSSR count). The molecule has 0 aliphatic rings. The molecule has 0 saturated carbocycles. The van der Waals surface area contributed by atoms with Crippen molar-refractivity contribution in [2.45, 2.75) is 0 Å². The van der Waals surface area contributed by atoms with Crippen LogP contribution in [0, 0.1) is 0 Å². The number of para-hydroxylation sites is 1. The van der Waals surface area contributed by atoms with E-state index in [1.807, 2.05) is 30.3 Å². The minimum Gasteiger partial charge on any atom is -0.266 e. The lowest BCUT2D eigenvalue weighted by Gasteiger charge is -2.05. The second-order valence-electron chi connectivity index (χ2n) is 3.60. The minimum absolute atomic E-state index is 0.179. The molecule has 5 heteroatoms. The van der Waals surface area contributed by atoms with Gasteiger partial charge >= 0.3 is 0 Å². The second-order valence-corrected chi connectivity index (χ2v) is 4.01. The van der Waals surface area contributed by atoms with Crippen LogP contribution >= 0.6 is 11.6 Å². The lowest BCUT2D eigenvalue weighted by Crippen LogP contribution is -2.21. The maximum atomic E-state index is 12.2. The molecule has 4 nitrogen and oxygen atoms in total. The summed E-state index contributed by atoms with van der Waals surface area (Å²) >= 11 is 5.96. The molecule has 0 unspecified atom stereocenters. The summed E-state index contributed by atoms with van der Waals surface area (Å²) in [5.41, 5.74) is 0.976. The fourth-order valence-electron chi connectivity index (χ4n) is 1.74. The smallest absolute Gasteiger partial charge is 0.266 e. The lowest BCUT2D eigenvalue weighted by atomic mass is 10.3. The largest absolute Gasteiger partial charge is 0.283 e. The molecule has 0 saturated heterocycles. The molecule has 0 aliphatic carbocycles. The van der Waals surface area contributed by atoms with Crippen molar-refractivity contribution in [3.05, 3.63) is 64.3 Å². The van der Waals surface area contributed by atoms with E-state index in [-0.39, 0.29) is 5.56 Å². The number of rotatable bonds is 1. The van der Waals surface area contributed by atoms with Gasteiger partial charge in [-0.1, -0.05) is 29.8 Å². The molecule has 0 fully saturated rings. The van der Waals surface area contributed by atoms with Gasteiger partial charge in [-0.25, -0.2) is 4.52 Å². The first-order valence-electron chi connectivity index (χ1n) is 5.07. The number of fused-ring (bicyclic) bond motifs is 1. The third kappa shape index (κ3) is 1.54. The summed E-state index contributed by atoms with van der Waals surface area (Å²) in [6.07, 6.45) is 3.15. The lowest BCUT2D eigenvalue weighted by molar-refractivity contribution is 0.827. The Morgan fingerprint density at radius 3 is 2.65 bits per heavy atom. The van der Waals surface area contributed by atoms with Gasteiger partial charge in [-0.2, -0.15) is 5.10 Å². The molecular weight excluding hydrogens is 238 g/mol. The first kappa shape index (κ1) is 10.1. The van der Waals surface area contributed by atoms with Gasteiger partial charge in [0.05, 0.1) is 10.7 Å². The standard InChI is InChI=1S/C12H8ClN3O/c13-10-6-7-16-11(10)12(17)15(8-14-16)9-4-2-1-3-5-9/h1-8H. The monoisotopic (exact) mass is 245 g/mol. The molecule has 0 spiro atoms. The summed E-state index contributed by atoms with van der Waals surface area (Å²) in [4.78, 5) is 12.2. The molecule has 0 radical (unpaired) electrons. The Labute approximate surface area is 102 Å². The van der Waals surface area contributed by atoms with E-state index < -0.39 is 0 Å². The second kappa shape index (κ2) is 3.75. The molecule has 3 aromatic rings. The maximum absolute atomic E-state index is 12.2. The molecular formula is C12H8ClN3O. The van der Waals surface area contributed by atoms with Crippen LogP contribution in [0.5, 0.6) is 0 Å². The van der Waals surface area contributed by atoms with Crippen LogP contribution in [0.3, 0.4) is 0 Å². The van der Waals surface area contributed by atoms with E-state index in [1.165, 1.54) is 15.4 Å².